The van der Waals surface area contributed by atoms with Gasteiger partial charge in [0.05, 0.1) is 5.56 Å². The second-order valence-corrected chi connectivity index (χ2v) is 4.41. The van der Waals surface area contributed by atoms with E-state index < -0.39 is 16.0 Å². The van der Waals surface area contributed by atoms with E-state index in [9.17, 15) is 13.2 Å². The van der Waals surface area contributed by atoms with Crippen LogP contribution in [0.25, 0.3) is 0 Å². The van der Waals surface area contributed by atoms with Crippen molar-refractivity contribution < 1.29 is 18.3 Å². The zero-order chi connectivity index (χ0) is 11.5. The summed E-state index contributed by atoms with van der Waals surface area (Å²) in [6.07, 6.45) is 1.01. The number of carbonyl (C=O) groups is 1. The van der Waals surface area contributed by atoms with Crippen LogP contribution in [0.4, 0.5) is 0 Å². The van der Waals surface area contributed by atoms with Gasteiger partial charge in [0, 0.05) is 12.7 Å². The molecular formula is C8H10N2O4S. The molecule has 1 aromatic rings. The first kappa shape index (κ1) is 11.6. The topological polar surface area (TPSA) is 96.4 Å². The first-order chi connectivity index (χ1) is 6.97. The van der Waals surface area contributed by atoms with E-state index in [0.29, 0.717) is 0 Å². The summed E-state index contributed by atoms with van der Waals surface area (Å²) in [7, 11) is -3.61. The van der Waals surface area contributed by atoms with Gasteiger partial charge < -0.3 is 5.11 Å². The number of sulfonamides is 1. The van der Waals surface area contributed by atoms with Crippen LogP contribution in [0.3, 0.4) is 0 Å². The molecular weight excluding hydrogens is 220 g/mol. The van der Waals surface area contributed by atoms with E-state index in [-0.39, 0.29) is 17.1 Å². The summed E-state index contributed by atoms with van der Waals surface area (Å²) in [6, 6.07) is 2.35. The standard InChI is InChI=1S/C8H10N2O4S/c1-2-10-15(13,14)7-4-3-6(5-9-7)8(11)12/h3-5,10H,2H2,1H3,(H,11,12). The minimum atomic E-state index is -3.61. The third-order valence-electron chi connectivity index (χ3n) is 1.59. The van der Waals surface area contributed by atoms with Crippen molar-refractivity contribution in [2.24, 2.45) is 0 Å². The Morgan fingerprint density at radius 1 is 1.53 bits per heavy atom. The van der Waals surface area contributed by atoms with Gasteiger partial charge in [0.15, 0.2) is 5.03 Å². The molecule has 0 fully saturated rings. The zero-order valence-corrected chi connectivity index (χ0v) is 8.78. The van der Waals surface area contributed by atoms with E-state index in [0.717, 1.165) is 12.3 Å². The lowest BCUT2D eigenvalue weighted by Gasteiger charge is -2.02. The molecule has 0 aliphatic carbocycles. The monoisotopic (exact) mass is 230 g/mol. The maximum atomic E-state index is 11.4. The van der Waals surface area contributed by atoms with Crippen LogP contribution in [-0.4, -0.2) is 31.0 Å². The number of hydrogen-bond donors (Lipinski definition) is 2. The molecule has 82 valence electrons. The molecule has 1 aromatic heterocycles. The Hall–Kier alpha value is -1.47. The number of carboxylic acids is 1. The van der Waals surface area contributed by atoms with Crippen LogP contribution in [-0.2, 0) is 10.0 Å². The third-order valence-corrected chi connectivity index (χ3v) is 3.05. The normalized spacial score (nSPS) is 11.3. The van der Waals surface area contributed by atoms with Gasteiger partial charge in [0.25, 0.3) is 10.0 Å². The highest BCUT2D eigenvalue weighted by Gasteiger charge is 2.14. The Morgan fingerprint density at radius 3 is 2.60 bits per heavy atom. The quantitative estimate of drug-likeness (QED) is 0.763. The number of aromatic nitrogens is 1. The zero-order valence-electron chi connectivity index (χ0n) is 7.97. The smallest absolute Gasteiger partial charge is 0.337 e. The number of pyridine rings is 1. The minimum absolute atomic E-state index is 0.0505. The summed E-state index contributed by atoms with van der Waals surface area (Å²) in [5.41, 5.74) is -0.0505. The van der Waals surface area contributed by atoms with Crippen molar-refractivity contribution in [1.82, 2.24) is 9.71 Å². The molecule has 6 nitrogen and oxygen atoms in total. The lowest BCUT2D eigenvalue weighted by Crippen LogP contribution is -2.24. The van der Waals surface area contributed by atoms with E-state index in [1.165, 1.54) is 6.07 Å². The average Bonchev–Trinajstić information content (AvgIpc) is 2.18. The fourth-order valence-electron chi connectivity index (χ4n) is 0.930. The van der Waals surface area contributed by atoms with E-state index in [4.69, 9.17) is 5.11 Å². The van der Waals surface area contributed by atoms with Crippen molar-refractivity contribution in [3.05, 3.63) is 23.9 Å². The van der Waals surface area contributed by atoms with Crippen LogP contribution in [0, 0.1) is 0 Å². The molecule has 0 atom stereocenters. The lowest BCUT2D eigenvalue weighted by atomic mass is 10.3. The molecule has 0 aromatic carbocycles. The SMILES string of the molecule is CCNS(=O)(=O)c1ccc(C(=O)O)cn1. The molecule has 0 aliphatic heterocycles. The lowest BCUT2D eigenvalue weighted by molar-refractivity contribution is 0.0696. The predicted octanol–water partition coefficient (Wildman–Crippen LogP) is 0.0780. The fraction of sp³-hybridized carbons (Fsp3) is 0.250. The molecule has 0 aliphatic rings. The molecule has 15 heavy (non-hydrogen) atoms. The molecule has 1 heterocycles. The number of hydrogen-bond acceptors (Lipinski definition) is 4. The van der Waals surface area contributed by atoms with Crippen LogP contribution in [0.2, 0.25) is 0 Å². The Labute approximate surface area is 87.0 Å². The third kappa shape index (κ3) is 2.74. The predicted molar refractivity (Wildman–Crippen MR) is 52.1 cm³/mol. The molecule has 0 bridgehead atoms. The molecule has 0 radical (unpaired) electrons. The van der Waals surface area contributed by atoms with Gasteiger partial charge in [-0.15, -0.1) is 0 Å². The average molecular weight is 230 g/mol. The van der Waals surface area contributed by atoms with Gasteiger partial charge in [-0.05, 0) is 12.1 Å². The minimum Gasteiger partial charge on any atom is -0.478 e. The maximum Gasteiger partial charge on any atom is 0.337 e. The molecule has 0 amide bonds. The van der Waals surface area contributed by atoms with Crippen LogP contribution in [0.5, 0.6) is 0 Å². The van der Waals surface area contributed by atoms with Gasteiger partial charge in [0.2, 0.25) is 0 Å². The number of rotatable bonds is 4. The number of nitrogens with zero attached hydrogens (tertiary/aromatic N) is 1. The van der Waals surface area contributed by atoms with Gasteiger partial charge >= 0.3 is 5.97 Å². The first-order valence-corrected chi connectivity index (χ1v) is 5.64. The Balaban J connectivity index is 3.04. The van der Waals surface area contributed by atoms with Crippen molar-refractivity contribution in [3.8, 4) is 0 Å². The van der Waals surface area contributed by atoms with Crippen LogP contribution in [0.1, 0.15) is 17.3 Å². The largest absolute Gasteiger partial charge is 0.478 e. The molecule has 2 N–H and O–H groups in total. The number of carboxylic acid groups (broad SMARTS) is 1. The summed E-state index contributed by atoms with van der Waals surface area (Å²) in [4.78, 5) is 14.0. The first-order valence-electron chi connectivity index (χ1n) is 4.16. The van der Waals surface area contributed by atoms with Gasteiger partial charge in [0.1, 0.15) is 0 Å². The van der Waals surface area contributed by atoms with Crippen molar-refractivity contribution >= 4 is 16.0 Å². The molecule has 0 saturated heterocycles. The van der Waals surface area contributed by atoms with E-state index >= 15 is 0 Å². The molecule has 7 heteroatoms. The fourth-order valence-corrected chi connectivity index (χ4v) is 1.90. The van der Waals surface area contributed by atoms with Crippen molar-refractivity contribution in [3.63, 3.8) is 0 Å². The Bertz CT molecular complexity index is 452. The van der Waals surface area contributed by atoms with Gasteiger partial charge in [-0.1, -0.05) is 6.92 Å². The second kappa shape index (κ2) is 4.37. The Morgan fingerprint density at radius 2 is 2.20 bits per heavy atom. The van der Waals surface area contributed by atoms with Crippen molar-refractivity contribution in [1.29, 1.82) is 0 Å². The van der Waals surface area contributed by atoms with Crippen molar-refractivity contribution in [2.75, 3.05) is 6.54 Å². The summed E-state index contributed by atoms with van der Waals surface area (Å²) < 4.78 is 25.0. The van der Waals surface area contributed by atoms with Gasteiger partial charge in [-0.25, -0.2) is 22.9 Å². The summed E-state index contributed by atoms with van der Waals surface area (Å²) in [5, 5.41) is 8.39. The molecule has 0 spiro atoms. The highest BCUT2D eigenvalue weighted by molar-refractivity contribution is 7.89. The summed E-state index contributed by atoms with van der Waals surface area (Å²) in [6.45, 7) is 1.90. The van der Waals surface area contributed by atoms with E-state index in [1.807, 2.05) is 0 Å². The van der Waals surface area contributed by atoms with E-state index in [1.54, 1.807) is 6.92 Å². The maximum absolute atomic E-state index is 11.4. The second-order valence-electron chi connectivity index (χ2n) is 2.69. The van der Waals surface area contributed by atoms with Gasteiger partial charge in [-0.2, -0.15) is 0 Å². The van der Waals surface area contributed by atoms with Gasteiger partial charge in [-0.3, -0.25) is 0 Å². The van der Waals surface area contributed by atoms with Crippen LogP contribution in [0.15, 0.2) is 23.4 Å². The highest BCUT2D eigenvalue weighted by atomic mass is 32.2. The molecule has 1 rings (SSSR count). The van der Waals surface area contributed by atoms with E-state index in [2.05, 4.69) is 9.71 Å². The Kier molecular flexibility index (Phi) is 3.38. The molecule has 0 saturated carbocycles. The summed E-state index contributed by atoms with van der Waals surface area (Å²) >= 11 is 0. The van der Waals surface area contributed by atoms with Crippen LogP contribution < -0.4 is 4.72 Å². The molecule has 0 unspecified atom stereocenters. The van der Waals surface area contributed by atoms with Crippen molar-refractivity contribution in [2.45, 2.75) is 11.9 Å². The summed E-state index contributed by atoms with van der Waals surface area (Å²) in [5.74, 6) is -1.14. The highest BCUT2D eigenvalue weighted by Crippen LogP contribution is 2.06. The number of aromatic carboxylic acids is 1. The van der Waals surface area contributed by atoms with Crippen LogP contribution >= 0.6 is 0 Å². The number of nitrogens with one attached hydrogen (secondary N) is 1.